The molecule has 0 saturated heterocycles. The lowest BCUT2D eigenvalue weighted by Gasteiger charge is -2.09. The van der Waals surface area contributed by atoms with Crippen LogP contribution in [-0.4, -0.2) is 28.3 Å². The van der Waals surface area contributed by atoms with Crippen LogP contribution in [0.3, 0.4) is 0 Å². The first-order chi connectivity index (χ1) is 11.0. The Labute approximate surface area is 132 Å². The minimum Gasteiger partial charge on any atom is -0.355 e. The van der Waals surface area contributed by atoms with Gasteiger partial charge in [0.25, 0.3) is 0 Å². The van der Waals surface area contributed by atoms with Gasteiger partial charge in [-0.3, -0.25) is 14.8 Å². The lowest BCUT2D eigenvalue weighted by atomic mass is 10.2. The molecule has 1 aromatic carbocycles. The third kappa shape index (κ3) is 4.53. The van der Waals surface area contributed by atoms with Crippen molar-refractivity contribution in [2.75, 3.05) is 17.2 Å². The van der Waals surface area contributed by atoms with Crippen molar-refractivity contribution < 1.29 is 14.0 Å². The van der Waals surface area contributed by atoms with Crippen LogP contribution in [0.15, 0.2) is 30.5 Å². The number of amides is 3. The molecule has 1 heterocycles. The van der Waals surface area contributed by atoms with E-state index >= 15 is 0 Å². The van der Waals surface area contributed by atoms with E-state index in [0.29, 0.717) is 23.6 Å². The molecule has 0 radical (unpaired) electrons. The Balaban J connectivity index is 1.94. The van der Waals surface area contributed by atoms with Gasteiger partial charge in [0.2, 0.25) is 5.91 Å². The number of hydrogen-bond donors (Lipinski definition) is 3. The van der Waals surface area contributed by atoms with Crippen LogP contribution >= 0.6 is 0 Å². The van der Waals surface area contributed by atoms with Crippen molar-refractivity contribution in [3.05, 3.63) is 41.8 Å². The summed E-state index contributed by atoms with van der Waals surface area (Å²) in [5.41, 5.74) is 0.730. The maximum atomic E-state index is 13.4. The zero-order valence-corrected chi connectivity index (χ0v) is 12.9. The van der Waals surface area contributed by atoms with Crippen molar-refractivity contribution in [2.45, 2.75) is 20.4 Å². The quantitative estimate of drug-likeness (QED) is 0.788. The van der Waals surface area contributed by atoms with Gasteiger partial charge in [-0.2, -0.15) is 5.10 Å². The largest absolute Gasteiger partial charge is 0.355 e. The molecule has 0 aliphatic carbocycles. The van der Waals surface area contributed by atoms with Crippen LogP contribution in [-0.2, 0) is 11.3 Å². The van der Waals surface area contributed by atoms with E-state index in [1.807, 2.05) is 6.92 Å². The zero-order valence-electron chi connectivity index (χ0n) is 12.9. The second-order valence-corrected chi connectivity index (χ2v) is 4.84. The van der Waals surface area contributed by atoms with E-state index < -0.39 is 11.8 Å². The van der Waals surface area contributed by atoms with Crippen molar-refractivity contribution in [1.29, 1.82) is 0 Å². The topological polar surface area (TPSA) is 88.0 Å². The van der Waals surface area contributed by atoms with Crippen molar-refractivity contribution in [1.82, 2.24) is 15.1 Å². The Kier molecular flexibility index (Phi) is 5.29. The Morgan fingerprint density at radius 1 is 1.26 bits per heavy atom. The summed E-state index contributed by atoms with van der Waals surface area (Å²) in [5, 5.41) is 11.8. The molecule has 0 unspecified atom stereocenters. The van der Waals surface area contributed by atoms with Gasteiger partial charge in [-0.15, -0.1) is 0 Å². The van der Waals surface area contributed by atoms with Crippen LogP contribution in [0.4, 0.5) is 20.7 Å². The number of likely N-dealkylation sites (N-methyl/N-ethyl adjacent to an activating group) is 1. The van der Waals surface area contributed by atoms with E-state index in [-0.39, 0.29) is 12.5 Å². The number of carbonyl (C=O) groups is 2. The lowest BCUT2D eigenvalue weighted by Crippen LogP contribution is -2.27. The molecule has 23 heavy (non-hydrogen) atoms. The third-order valence-corrected chi connectivity index (χ3v) is 3.08. The Bertz CT molecular complexity index is 714. The predicted molar refractivity (Wildman–Crippen MR) is 84.7 cm³/mol. The maximum Gasteiger partial charge on any atom is 0.324 e. The molecule has 3 amide bonds. The molecule has 0 bridgehead atoms. The van der Waals surface area contributed by atoms with Crippen LogP contribution in [0.2, 0.25) is 0 Å². The highest BCUT2D eigenvalue weighted by Crippen LogP contribution is 2.17. The number of carbonyl (C=O) groups excluding carboxylic acids is 2. The summed E-state index contributed by atoms with van der Waals surface area (Å²) in [6.45, 7) is 4.01. The Hall–Kier alpha value is -2.90. The number of halogens is 1. The first kappa shape index (κ1) is 16.5. The summed E-state index contributed by atoms with van der Waals surface area (Å²) in [6, 6.07) is 5.46. The van der Waals surface area contributed by atoms with Crippen LogP contribution in [0.5, 0.6) is 0 Å². The normalized spacial score (nSPS) is 10.2. The van der Waals surface area contributed by atoms with Crippen LogP contribution < -0.4 is 16.0 Å². The standard InChI is InChI=1S/C15H18FN5O2/c1-3-17-14(22)9-21-8-7-13(20-21)19-15(23)18-12-6-4-5-11(16)10(12)2/h4-8H,3,9H2,1-2H3,(H,17,22)(H2,18,19,20,23). The molecule has 0 aliphatic rings. The molecule has 0 fully saturated rings. The van der Waals surface area contributed by atoms with Gasteiger partial charge in [-0.25, -0.2) is 9.18 Å². The molecule has 122 valence electrons. The number of urea groups is 1. The molecular weight excluding hydrogens is 301 g/mol. The SMILES string of the molecule is CCNC(=O)Cn1ccc(NC(=O)Nc2cccc(F)c2C)n1. The van der Waals surface area contributed by atoms with E-state index in [1.54, 1.807) is 25.3 Å². The van der Waals surface area contributed by atoms with Gasteiger partial charge in [0.05, 0.1) is 0 Å². The smallest absolute Gasteiger partial charge is 0.324 e. The molecule has 0 aliphatic heterocycles. The van der Waals surface area contributed by atoms with E-state index in [1.165, 1.54) is 16.8 Å². The second kappa shape index (κ2) is 7.39. The molecule has 7 nitrogen and oxygen atoms in total. The number of nitrogens with zero attached hydrogens (tertiary/aromatic N) is 2. The fourth-order valence-corrected chi connectivity index (χ4v) is 1.93. The molecule has 8 heteroatoms. The van der Waals surface area contributed by atoms with Gasteiger partial charge < -0.3 is 10.6 Å². The lowest BCUT2D eigenvalue weighted by molar-refractivity contribution is -0.121. The summed E-state index contributed by atoms with van der Waals surface area (Å²) >= 11 is 0. The summed E-state index contributed by atoms with van der Waals surface area (Å²) in [5.74, 6) is -0.267. The first-order valence-corrected chi connectivity index (χ1v) is 7.13. The highest BCUT2D eigenvalue weighted by Gasteiger charge is 2.09. The summed E-state index contributed by atoms with van der Waals surface area (Å²) < 4.78 is 14.8. The summed E-state index contributed by atoms with van der Waals surface area (Å²) in [4.78, 5) is 23.4. The average Bonchev–Trinajstić information content (AvgIpc) is 2.91. The van der Waals surface area contributed by atoms with Gasteiger partial charge >= 0.3 is 6.03 Å². The van der Waals surface area contributed by atoms with Crippen molar-refractivity contribution in [3.63, 3.8) is 0 Å². The van der Waals surface area contributed by atoms with Gasteiger partial charge in [0.1, 0.15) is 12.4 Å². The first-order valence-electron chi connectivity index (χ1n) is 7.13. The predicted octanol–water partition coefficient (Wildman–Crippen LogP) is 2.11. The Morgan fingerprint density at radius 3 is 2.78 bits per heavy atom. The second-order valence-electron chi connectivity index (χ2n) is 4.84. The molecular formula is C15H18FN5O2. The van der Waals surface area contributed by atoms with Gasteiger partial charge in [-0.05, 0) is 26.0 Å². The average molecular weight is 319 g/mol. The minimum absolute atomic E-state index is 0.0696. The van der Waals surface area contributed by atoms with Gasteiger partial charge in [0.15, 0.2) is 5.82 Å². The van der Waals surface area contributed by atoms with Crippen LogP contribution in [0.25, 0.3) is 0 Å². The number of hydrogen-bond acceptors (Lipinski definition) is 3. The van der Waals surface area contributed by atoms with Crippen LogP contribution in [0.1, 0.15) is 12.5 Å². The third-order valence-electron chi connectivity index (χ3n) is 3.08. The summed E-state index contributed by atoms with van der Waals surface area (Å²) in [6.07, 6.45) is 1.58. The fraction of sp³-hybridized carbons (Fsp3) is 0.267. The Morgan fingerprint density at radius 2 is 2.04 bits per heavy atom. The number of nitrogens with one attached hydrogen (secondary N) is 3. The zero-order chi connectivity index (χ0) is 16.8. The molecule has 2 rings (SSSR count). The van der Waals surface area contributed by atoms with Gasteiger partial charge in [0, 0.05) is 30.1 Å². The number of anilines is 2. The molecule has 0 saturated carbocycles. The number of benzene rings is 1. The summed E-state index contributed by atoms with van der Waals surface area (Å²) in [7, 11) is 0. The monoisotopic (exact) mass is 319 g/mol. The molecule has 0 atom stereocenters. The number of aromatic nitrogens is 2. The van der Waals surface area contributed by atoms with Gasteiger partial charge in [-0.1, -0.05) is 6.07 Å². The molecule has 0 spiro atoms. The van der Waals surface area contributed by atoms with E-state index in [2.05, 4.69) is 21.0 Å². The highest BCUT2D eigenvalue weighted by molar-refractivity contribution is 5.99. The van der Waals surface area contributed by atoms with Crippen molar-refractivity contribution in [3.8, 4) is 0 Å². The van der Waals surface area contributed by atoms with Crippen molar-refractivity contribution >= 4 is 23.4 Å². The highest BCUT2D eigenvalue weighted by atomic mass is 19.1. The molecule has 1 aromatic heterocycles. The van der Waals surface area contributed by atoms with E-state index in [0.717, 1.165) is 0 Å². The van der Waals surface area contributed by atoms with Crippen molar-refractivity contribution in [2.24, 2.45) is 0 Å². The molecule has 3 N–H and O–H groups in total. The minimum atomic E-state index is -0.540. The van der Waals surface area contributed by atoms with Crippen LogP contribution in [0, 0.1) is 12.7 Å². The van der Waals surface area contributed by atoms with E-state index in [9.17, 15) is 14.0 Å². The van der Waals surface area contributed by atoms with E-state index in [4.69, 9.17) is 0 Å². The maximum absolute atomic E-state index is 13.4. The number of rotatable bonds is 5. The fourth-order valence-electron chi connectivity index (χ4n) is 1.93. The molecule has 2 aromatic rings.